The Labute approximate surface area is 139 Å². The van der Waals surface area contributed by atoms with E-state index in [1.165, 1.54) is 12.3 Å². The summed E-state index contributed by atoms with van der Waals surface area (Å²) in [5.74, 6) is -0.667. The summed E-state index contributed by atoms with van der Waals surface area (Å²) in [5, 5.41) is 6.57. The van der Waals surface area contributed by atoms with Crippen LogP contribution in [0.5, 0.6) is 0 Å². The van der Waals surface area contributed by atoms with Crippen LogP contribution in [0.15, 0.2) is 35.4 Å². The van der Waals surface area contributed by atoms with Gasteiger partial charge in [0, 0.05) is 25.3 Å². The summed E-state index contributed by atoms with van der Waals surface area (Å²) in [7, 11) is -3.37. The molecule has 1 N–H and O–H groups in total. The van der Waals surface area contributed by atoms with Gasteiger partial charge in [0.1, 0.15) is 10.7 Å². The number of carbonyl (C=O) groups is 1. The number of nitrogens with one attached hydrogen (secondary N) is 1. The largest absolute Gasteiger partial charge is 0.342 e. The molecule has 1 saturated heterocycles. The molecule has 0 spiro atoms. The van der Waals surface area contributed by atoms with E-state index < -0.39 is 15.7 Å². The Morgan fingerprint density at radius 2 is 2.17 bits per heavy atom. The van der Waals surface area contributed by atoms with E-state index >= 15 is 0 Å². The Kier molecular flexibility index (Phi) is 4.40. The van der Waals surface area contributed by atoms with Crippen LogP contribution < -0.4 is 0 Å². The highest BCUT2D eigenvalue weighted by Crippen LogP contribution is 2.30. The van der Waals surface area contributed by atoms with Gasteiger partial charge in [0.05, 0.1) is 18.3 Å². The average Bonchev–Trinajstić information content (AvgIpc) is 3.17. The van der Waals surface area contributed by atoms with Crippen molar-refractivity contribution >= 4 is 15.7 Å². The molecule has 2 heterocycles. The number of sulfone groups is 1. The van der Waals surface area contributed by atoms with Crippen molar-refractivity contribution in [1.29, 1.82) is 0 Å². The third-order valence-electron chi connectivity index (χ3n) is 4.28. The number of hydrogen-bond donors (Lipinski definition) is 1. The quantitative estimate of drug-likeness (QED) is 0.905. The van der Waals surface area contributed by atoms with Gasteiger partial charge in [0.2, 0.25) is 5.91 Å². The van der Waals surface area contributed by atoms with Gasteiger partial charge in [0.25, 0.3) is 0 Å². The molecule has 1 amide bonds. The van der Waals surface area contributed by atoms with Crippen molar-refractivity contribution in [1.82, 2.24) is 15.1 Å². The van der Waals surface area contributed by atoms with E-state index in [1.807, 2.05) is 0 Å². The minimum absolute atomic E-state index is 0.00129. The van der Waals surface area contributed by atoms with Crippen LogP contribution in [-0.4, -0.2) is 48.8 Å². The van der Waals surface area contributed by atoms with Gasteiger partial charge < -0.3 is 4.90 Å². The van der Waals surface area contributed by atoms with E-state index in [2.05, 4.69) is 10.2 Å². The third-order valence-corrected chi connectivity index (χ3v) is 5.40. The molecule has 2 aromatic rings. The lowest BCUT2D eigenvalue weighted by Gasteiger charge is -2.17. The lowest BCUT2D eigenvalue weighted by molar-refractivity contribution is -0.129. The summed E-state index contributed by atoms with van der Waals surface area (Å²) < 4.78 is 37.2. The summed E-state index contributed by atoms with van der Waals surface area (Å²) in [5.41, 5.74) is 0.906. The van der Waals surface area contributed by atoms with Crippen molar-refractivity contribution in [2.75, 3.05) is 19.3 Å². The molecule has 0 bridgehead atoms. The van der Waals surface area contributed by atoms with Crippen molar-refractivity contribution in [2.24, 2.45) is 0 Å². The van der Waals surface area contributed by atoms with E-state index in [0.29, 0.717) is 30.8 Å². The lowest BCUT2D eigenvalue weighted by atomic mass is 10.1. The molecule has 0 unspecified atom stereocenters. The SMILES string of the molecule is CS(=O)(=O)c1cn[nH]c1[C@H]1CCN(C(=O)Cc2ccccc2F)C1. The zero-order chi connectivity index (χ0) is 17.3. The van der Waals surface area contributed by atoms with Gasteiger partial charge in [-0.25, -0.2) is 12.8 Å². The number of halogens is 1. The Bertz CT molecular complexity index is 863. The number of H-pyrrole nitrogens is 1. The molecule has 1 aliphatic heterocycles. The highest BCUT2D eigenvalue weighted by Gasteiger charge is 2.31. The van der Waals surface area contributed by atoms with Gasteiger partial charge in [-0.15, -0.1) is 0 Å². The number of nitrogens with zero attached hydrogens (tertiary/aromatic N) is 2. The Morgan fingerprint density at radius 1 is 1.42 bits per heavy atom. The third kappa shape index (κ3) is 3.33. The highest BCUT2D eigenvalue weighted by molar-refractivity contribution is 7.90. The second-order valence-electron chi connectivity index (χ2n) is 6.01. The Balaban J connectivity index is 1.71. The Morgan fingerprint density at radius 3 is 2.88 bits per heavy atom. The predicted octanol–water partition coefficient (Wildman–Crippen LogP) is 1.51. The first-order valence-corrected chi connectivity index (χ1v) is 9.50. The second-order valence-corrected chi connectivity index (χ2v) is 8.00. The molecule has 0 radical (unpaired) electrons. The maximum absolute atomic E-state index is 13.7. The van der Waals surface area contributed by atoms with Crippen molar-refractivity contribution in [2.45, 2.75) is 23.7 Å². The number of rotatable bonds is 4. The first-order valence-electron chi connectivity index (χ1n) is 7.60. The minimum atomic E-state index is -3.37. The van der Waals surface area contributed by atoms with E-state index in [0.717, 1.165) is 6.26 Å². The van der Waals surface area contributed by atoms with Crippen molar-refractivity contribution < 1.29 is 17.6 Å². The number of hydrogen-bond acceptors (Lipinski definition) is 4. The molecule has 0 aliphatic carbocycles. The highest BCUT2D eigenvalue weighted by atomic mass is 32.2. The number of likely N-dealkylation sites (tertiary alicyclic amines) is 1. The number of aromatic amines is 1. The second kappa shape index (κ2) is 6.35. The summed E-state index contributed by atoms with van der Waals surface area (Å²) in [4.78, 5) is 14.2. The van der Waals surface area contributed by atoms with Crippen LogP contribution in [0, 0.1) is 5.82 Å². The molecule has 6 nitrogen and oxygen atoms in total. The fraction of sp³-hybridized carbons (Fsp3) is 0.375. The number of benzene rings is 1. The first kappa shape index (κ1) is 16.6. The molecule has 3 rings (SSSR count). The molecule has 1 aromatic carbocycles. The molecule has 24 heavy (non-hydrogen) atoms. The van der Waals surface area contributed by atoms with Crippen molar-refractivity contribution in [3.63, 3.8) is 0 Å². The summed E-state index contributed by atoms with van der Waals surface area (Å²) in [6, 6.07) is 6.21. The van der Waals surface area contributed by atoms with Gasteiger partial charge >= 0.3 is 0 Å². The van der Waals surface area contributed by atoms with Gasteiger partial charge in [-0.3, -0.25) is 9.89 Å². The van der Waals surface area contributed by atoms with E-state index in [-0.39, 0.29) is 23.1 Å². The Hall–Kier alpha value is -2.22. The molecular weight excluding hydrogens is 333 g/mol. The summed E-state index contributed by atoms with van der Waals surface area (Å²) in [6.07, 6.45) is 3.08. The topological polar surface area (TPSA) is 83.1 Å². The normalized spacial score (nSPS) is 18.1. The molecule has 1 aliphatic rings. The fourth-order valence-corrected chi connectivity index (χ4v) is 3.87. The average molecular weight is 351 g/mol. The van der Waals surface area contributed by atoms with E-state index in [1.54, 1.807) is 23.1 Å². The number of aromatic nitrogens is 2. The summed E-state index contributed by atoms with van der Waals surface area (Å²) in [6.45, 7) is 0.915. The van der Waals surface area contributed by atoms with Gasteiger partial charge in [-0.1, -0.05) is 18.2 Å². The van der Waals surface area contributed by atoms with Crippen LogP contribution in [0.1, 0.15) is 23.6 Å². The molecule has 128 valence electrons. The van der Waals surface area contributed by atoms with Crippen molar-refractivity contribution in [3.8, 4) is 0 Å². The van der Waals surface area contributed by atoms with Crippen LogP contribution >= 0.6 is 0 Å². The molecule has 1 aromatic heterocycles. The molecule has 1 fully saturated rings. The van der Waals surface area contributed by atoms with E-state index in [9.17, 15) is 17.6 Å². The van der Waals surface area contributed by atoms with Crippen LogP contribution in [0.3, 0.4) is 0 Å². The number of carbonyl (C=O) groups excluding carboxylic acids is 1. The van der Waals surface area contributed by atoms with Crippen LogP contribution in [0.4, 0.5) is 4.39 Å². The predicted molar refractivity (Wildman–Crippen MR) is 85.7 cm³/mol. The minimum Gasteiger partial charge on any atom is -0.342 e. The van der Waals surface area contributed by atoms with E-state index in [4.69, 9.17) is 0 Å². The molecular formula is C16H18FN3O3S. The fourth-order valence-electron chi connectivity index (χ4n) is 3.01. The van der Waals surface area contributed by atoms with Gasteiger partial charge in [-0.2, -0.15) is 5.10 Å². The first-order chi connectivity index (χ1) is 11.4. The maximum Gasteiger partial charge on any atom is 0.227 e. The van der Waals surface area contributed by atoms with Crippen molar-refractivity contribution in [3.05, 3.63) is 47.5 Å². The zero-order valence-corrected chi connectivity index (χ0v) is 14.0. The molecule has 1 atom stereocenters. The maximum atomic E-state index is 13.7. The number of amides is 1. The van der Waals surface area contributed by atoms with Crippen LogP contribution in [0.25, 0.3) is 0 Å². The van der Waals surface area contributed by atoms with Gasteiger partial charge in [0.15, 0.2) is 9.84 Å². The van der Waals surface area contributed by atoms with Crippen LogP contribution in [0.2, 0.25) is 0 Å². The molecule has 0 saturated carbocycles. The van der Waals surface area contributed by atoms with Gasteiger partial charge in [-0.05, 0) is 18.1 Å². The molecule has 8 heteroatoms. The summed E-state index contributed by atoms with van der Waals surface area (Å²) >= 11 is 0. The monoisotopic (exact) mass is 351 g/mol. The zero-order valence-electron chi connectivity index (χ0n) is 13.2. The lowest BCUT2D eigenvalue weighted by Crippen LogP contribution is -2.30. The smallest absolute Gasteiger partial charge is 0.227 e. The standard InChI is InChI=1S/C16H18FN3O3S/c1-24(22,23)14-9-18-19-16(14)12-6-7-20(10-12)15(21)8-11-4-2-3-5-13(11)17/h2-5,9,12H,6-8,10H2,1H3,(H,18,19)/t12-/m0/s1. The van der Waals surface area contributed by atoms with Crippen LogP contribution in [-0.2, 0) is 21.1 Å².